The lowest BCUT2D eigenvalue weighted by Gasteiger charge is -2.26. The van der Waals surface area contributed by atoms with Gasteiger partial charge in [-0.3, -0.25) is 9.36 Å². The van der Waals surface area contributed by atoms with Gasteiger partial charge in [-0.25, -0.2) is 14.6 Å². The van der Waals surface area contributed by atoms with Crippen molar-refractivity contribution in [2.24, 2.45) is 4.99 Å². The molecule has 8 nitrogen and oxygen atoms in total. The quantitative estimate of drug-likeness (QED) is 0.493. The third-order valence-electron chi connectivity index (χ3n) is 5.55. The summed E-state index contributed by atoms with van der Waals surface area (Å²) in [6.07, 6.45) is 1.57. The monoisotopic (exact) mass is 506 g/mol. The zero-order valence-electron chi connectivity index (χ0n) is 20.3. The Bertz CT molecular complexity index is 1530. The molecule has 1 aliphatic heterocycles. The van der Waals surface area contributed by atoms with E-state index in [-0.39, 0.29) is 29.4 Å². The highest BCUT2D eigenvalue weighted by Crippen LogP contribution is 2.36. The Hall–Kier alpha value is -3.98. The number of carboxylic acid groups (broad SMARTS) is 1. The number of carbonyl (C=O) groups excluding carboxylic acids is 1. The van der Waals surface area contributed by atoms with Crippen LogP contribution in [0.1, 0.15) is 55.2 Å². The van der Waals surface area contributed by atoms with Gasteiger partial charge in [0.1, 0.15) is 11.8 Å². The van der Waals surface area contributed by atoms with E-state index in [1.54, 1.807) is 32.1 Å². The van der Waals surface area contributed by atoms with Crippen LogP contribution in [-0.4, -0.2) is 34.3 Å². The van der Waals surface area contributed by atoms with Gasteiger partial charge in [-0.05, 0) is 57.5 Å². The molecule has 2 aromatic carbocycles. The van der Waals surface area contributed by atoms with Crippen LogP contribution in [0.4, 0.5) is 0 Å². The van der Waals surface area contributed by atoms with E-state index in [0.717, 1.165) is 0 Å². The molecule has 1 N–H and O–H groups in total. The summed E-state index contributed by atoms with van der Waals surface area (Å²) in [6.45, 7) is 7.45. The van der Waals surface area contributed by atoms with Crippen molar-refractivity contribution in [3.05, 3.63) is 96.2 Å². The number of esters is 1. The van der Waals surface area contributed by atoms with Crippen LogP contribution in [-0.2, 0) is 9.53 Å². The molecule has 3 aromatic rings. The molecule has 0 saturated carbocycles. The van der Waals surface area contributed by atoms with Gasteiger partial charge in [0.25, 0.3) is 5.56 Å². The van der Waals surface area contributed by atoms with Crippen molar-refractivity contribution < 1.29 is 24.2 Å². The lowest BCUT2D eigenvalue weighted by Crippen LogP contribution is -2.40. The number of hydrogen-bond donors (Lipinski definition) is 1. The molecule has 0 radical (unpaired) electrons. The summed E-state index contributed by atoms with van der Waals surface area (Å²) in [4.78, 5) is 43.0. The molecule has 0 bridgehead atoms. The normalized spacial score (nSPS) is 15.5. The van der Waals surface area contributed by atoms with Crippen LogP contribution in [0.15, 0.2) is 69.6 Å². The summed E-state index contributed by atoms with van der Waals surface area (Å²) in [5.74, 6) is -1.00. The molecule has 0 fully saturated rings. The maximum absolute atomic E-state index is 13.7. The Balaban J connectivity index is 1.94. The van der Waals surface area contributed by atoms with E-state index in [4.69, 9.17) is 14.6 Å². The van der Waals surface area contributed by atoms with E-state index in [2.05, 4.69) is 4.99 Å². The Morgan fingerprint density at radius 1 is 1.17 bits per heavy atom. The number of para-hydroxylation sites is 1. The van der Waals surface area contributed by atoms with Crippen LogP contribution < -0.4 is 19.6 Å². The molecule has 0 saturated heterocycles. The summed E-state index contributed by atoms with van der Waals surface area (Å²) < 4.78 is 13.3. The first-order valence-electron chi connectivity index (χ1n) is 11.5. The Kier molecular flexibility index (Phi) is 7.21. The molecule has 1 aromatic heterocycles. The smallest absolute Gasteiger partial charge is 0.338 e. The molecule has 0 aliphatic carbocycles. The predicted molar refractivity (Wildman–Crippen MR) is 136 cm³/mol. The maximum Gasteiger partial charge on any atom is 0.338 e. The number of carboxylic acids is 1. The second kappa shape index (κ2) is 10.3. The van der Waals surface area contributed by atoms with E-state index >= 15 is 0 Å². The van der Waals surface area contributed by atoms with Crippen molar-refractivity contribution in [3.63, 3.8) is 0 Å². The molecule has 9 heteroatoms. The first-order valence-corrected chi connectivity index (χ1v) is 12.3. The van der Waals surface area contributed by atoms with Crippen molar-refractivity contribution in [2.45, 2.75) is 39.8 Å². The van der Waals surface area contributed by atoms with Gasteiger partial charge in [0.15, 0.2) is 4.80 Å². The molecular weight excluding hydrogens is 480 g/mol. The summed E-state index contributed by atoms with van der Waals surface area (Å²) in [6, 6.07) is 12.8. The topological polar surface area (TPSA) is 107 Å². The number of benzene rings is 2. The number of aromatic carboxylic acids is 1. The minimum atomic E-state index is -1.02. The molecule has 1 unspecified atom stereocenters. The van der Waals surface area contributed by atoms with E-state index < -0.39 is 18.0 Å². The molecule has 1 atom stereocenters. The Labute approximate surface area is 211 Å². The first kappa shape index (κ1) is 25.1. The van der Waals surface area contributed by atoms with Crippen LogP contribution in [0.3, 0.4) is 0 Å². The van der Waals surface area contributed by atoms with Gasteiger partial charge in [-0.1, -0.05) is 41.7 Å². The third kappa shape index (κ3) is 4.87. The third-order valence-corrected chi connectivity index (χ3v) is 6.53. The molecule has 1 aliphatic rings. The van der Waals surface area contributed by atoms with E-state index in [9.17, 15) is 14.4 Å². The summed E-state index contributed by atoms with van der Waals surface area (Å²) >= 11 is 1.20. The second-order valence-electron chi connectivity index (χ2n) is 8.43. The standard InChI is InChI=1S/C27H26N2O6S/c1-5-34-26(33)22-16(4)28-27-29(23(22)19-8-6-7-9-20(19)35-15(2)3)24(30)21(36-27)14-17-10-12-18(13-11-17)25(31)32/h6-15,23H,5H2,1-4H3,(H,31,32)/b21-14+. The lowest BCUT2D eigenvalue weighted by atomic mass is 9.95. The second-order valence-corrected chi connectivity index (χ2v) is 9.44. The molecule has 0 amide bonds. The Morgan fingerprint density at radius 3 is 2.50 bits per heavy atom. The highest BCUT2D eigenvalue weighted by atomic mass is 32.1. The average Bonchev–Trinajstić information content (AvgIpc) is 3.13. The molecular formula is C27H26N2O6S. The van der Waals surface area contributed by atoms with Crippen molar-refractivity contribution in [3.8, 4) is 5.75 Å². The number of thiazole rings is 1. The van der Waals surface area contributed by atoms with Crippen LogP contribution in [0.5, 0.6) is 5.75 Å². The molecule has 2 heterocycles. The average molecular weight is 507 g/mol. The fourth-order valence-corrected chi connectivity index (χ4v) is 5.07. The largest absolute Gasteiger partial charge is 0.491 e. The van der Waals surface area contributed by atoms with Crippen LogP contribution in [0, 0.1) is 0 Å². The van der Waals surface area contributed by atoms with Crippen LogP contribution >= 0.6 is 11.3 Å². The fraction of sp³-hybridized carbons (Fsp3) is 0.259. The zero-order chi connectivity index (χ0) is 26.0. The van der Waals surface area contributed by atoms with Gasteiger partial charge in [0, 0.05) is 5.56 Å². The number of nitrogens with zero attached hydrogens (tertiary/aromatic N) is 2. The zero-order valence-corrected chi connectivity index (χ0v) is 21.2. The van der Waals surface area contributed by atoms with E-state index in [1.807, 2.05) is 38.1 Å². The number of carbonyl (C=O) groups is 2. The summed E-state index contributed by atoms with van der Waals surface area (Å²) in [5.41, 5.74) is 1.91. The van der Waals surface area contributed by atoms with Gasteiger partial charge < -0.3 is 14.6 Å². The van der Waals surface area contributed by atoms with Crippen molar-refractivity contribution in [1.29, 1.82) is 0 Å². The van der Waals surface area contributed by atoms with Gasteiger partial charge in [-0.15, -0.1) is 0 Å². The van der Waals surface area contributed by atoms with Gasteiger partial charge in [0.05, 0.1) is 34.1 Å². The number of allylic oxidation sites excluding steroid dienone is 1. The van der Waals surface area contributed by atoms with Crippen molar-refractivity contribution in [1.82, 2.24) is 4.57 Å². The number of rotatable bonds is 7. The summed E-state index contributed by atoms with van der Waals surface area (Å²) in [7, 11) is 0. The molecule has 186 valence electrons. The highest BCUT2D eigenvalue weighted by molar-refractivity contribution is 7.07. The molecule has 4 rings (SSSR count). The molecule has 36 heavy (non-hydrogen) atoms. The van der Waals surface area contributed by atoms with Gasteiger partial charge in [0.2, 0.25) is 0 Å². The Morgan fingerprint density at radius 2 is 1.86 bits per heavy atom. The summed E-state index contributed by atoms with van der Waals surface area (Å²) in [5, 5.41) is 9.14. The SMILES string of the molecule is CCOC(=O)C1=C(C)N=c2s/c(=C/c3ccc(C(=O)O)cc3)c(=O)n2C1c1ccccc1OC(C)C. The number of ether oxygens (including phenoxy) is 2. The number of fused-ring (bicyclic) bond motifs is 1. The minimum absolute atomic E-state index is 0.119. The van der Waals surface area contributed by atoms with Crippen molar-refractivity contribution >= 4 is 29.4 Å². The van der Waals surface area contributed by atoms with E-state index in [0.29, 0.717) is 31.9 Å². The van der Waals surface area contributed by atoms with E-state index in [1.165, 1.54) is 28.0 Å². The first-order chi connectivity index (χ1) is 17.2. The number of hydrogen-bond acceptors (Lipinski definition) is 7. The fourth-order valence-electron chi connectivity index (χ4n) is 4.03. The predicted octanol–water partition coefficient (Wildman–Crippen LogP) is 3.28. The van der Waals surface area contributed by atoms with Crippen molar-refractivity contribution in [2.75, 3.05) is 6.61 Å². The van der Waals surface area contributed by atoms with Gasteiger partial charge >= 0.3 is 11.9 Å². The minimum Gasteiger partial charge on any atom is -0.491 e. The molecule has 0 spiro atoms. The maximum atomic E-state index is 13.7. The van der Waals surface area contributed by atoms with Gasteiger partial charge in [-0.2, -0.15) is 0 Å². The van der Waals surface area contributed by atoms with Crippen LogP contribution in [0.2, 0.25) is 0 Å². The lowest BCUT2D eigenvalue weighted by molar-refractivity contribution is -0.139. The number of aromatic nitrogens is 1. The van der Waals surface area contributed by atoms with Crippen LogP contribution in [0.25, 0.3) is 6.08 Å². The highest BCUT2D eigenvalue weighted by Gasteiger charge is 2.35.